The lowest BCUT2D eigenvalue weighted by Crippen LogP contribution is -2.45. The molecule has 0 radical (unpaired) electrons. The minimum atomic E-state index is -0.198. The van der Waals surface area contributed by atoms with Crippen LogP contribution >= 0.6 is 11.6 Å². The lowest BCUT2D eigenvalue weighted by atomic mass is 10.0. The van der Waals surface area contributed by atoms with Crippen molar-refractivity contribution in [1.29, 1.82) is 0 Å². The Morgan fingerprint density at radius 2 is 2.22 bits per heavy atom. The van der Waals surface area contributed by atoms with Crippen LogP contribution in [0.15, 0.2) is 12.3 Å². The number of aromatic amines is 1. The number of H-pyrrole nitrogens is 1. The molecule has 0 saturated carbocycles. The lowest BCUT2D eigenvalue weighted by molar-refractivity contribution is 0.0925. The molecule has 3 heterocycles. The van der Waals surface area contributed by atoms with E-state index in [9.17, 15) is 4.79 Å². The molecule has 0 aromatic carbocycles. The number of piperidine rings is 1. The van der Waals surface area contributed by atoms with Gasteiger partial charge in [-0.3, -0.25) is 14.6 Å². The maximum Gasteiger partial charge on any atom is 0.273 e. The fourth-order valence-electron chi connectivity index (χ4n) is 2.79. The number of amides is 1. The van der Waals surface area contributed by atoms with Gasteiger partial charge in [-0.15, -0.1) is 0 Å². The molecule has 1 aliphatic rings. The molecule has 1 fully saturated rings. The zero-order valence-corrected chi connectivity index (χ0v) is 14.1. The van der Waals surface area contributed by atoms with Crippen molar-refractivity contribution in [2.24, 2.45) is 0 Å². The number of nitrogens with zero attached hydrogens (tertiary/aromatic N) is 4. The van der Waals surface area contributed by atoms with Gasteiger partial charge in [0.25, 0.3) is 5.91 Å². The smallest absolute Gasteiger partial charge is 0.273 e. The van der Waals surface area contributed by atoms with Gasteiger partial charge in [0.05, 0.1) is 5.02 Å². The molecule has 8 heteroatoms. The van der Waals surface area contributed by atoms with Crippen LogP contribution in [0.1, 0.15) is 35.9 Å². The second-order valence-electron chi connectivity index (χ2n) is 5.83. The second-order valence-corrected chi connectivity index (χ2v) is 6.23. The van der Waals surface area contributed by atoms with Crippen molar-refractivity contribution >= 4 is 23.3 Å². The van der Waals surface area contributed by atoms with Crippen LogP contribution in [0.4, 0.5) is 5.82 Å². The summed E-state index contributed by atoms with van der Waals surface area (Å²) in [5, 5.41) is 14.9. The fraction of sp³-hybridized carbons (Fsp3) is 0.533. The summed E-state index contributed by atoms with van der Waals surface area (Å²) in [4.78, 5) is 14.5. The van der Waals surface area contributed by atoms with Crippen LogP contribution in [0.3, 0.4) is 0 Å². The van der Waals surface area contributed by atoms with E-state index in [2.05, 4.69) is 25.5 Å². The van der Waals surface area contributed by atoms with Gasteiger partial charge in [-0.25, -0.2) is 0 Å². The zero-order valence-electron chi connectivity index (χ0n) is 13.3. The predicted molar refractivity (Wildman–Crippen MR) is 88.9 cm³/mol. The van der Waals surface area contributed by atoms with E-state index in [1.807, 2.05) is 19.9 Å². The standard InChI is InChI=1S/C15H21ClN6O/c1-3-22-9-12(16)14(20-22)15(23)17-11-4-6-21(7-5-11)13-8-10(2)18-19-13/h8-9,11H,3-7H2,1-2H3,(H,17,23)(H,18,19). The normalized spacial score (nSPS) is 15.9. The first kappa shape index (κ1) is 15.9. The highest BCUT2D eigenvalue weighted by molar-refractivity contribution is 6.33. The average molecular weight is 337 g/mol. The Kier molecular flexibility index (Phi) is 4.56. The van der Waals surface area contributed by atoms with Gasteiger partial charge in [0.2, 0.25) is 0 Å². The fourth-order valence-corrected chi connectivity index (χ4v) is 3.02. The molecule has 0 bridgehead atoms. The average Bonchev–Trinajstić information content (AvgIpc) is 3.14. The Labute approximate surface area is 140 Å². The summed E-state index contributed by atoms with van der Waals surface area (Å²) in [6.07, 6.45) is 3.44. The van der Waals surface area contributed by atoms with Gasteiger partial charge in [0.1, 0.15) is 0 Å². The molecule has 3 rings (SSSR count). The second kappa shape index (κ2) is 6.62. The van der Waals surface area contributed by atoms with E-state index >= 15 is 0 Å². The summed E-state index contributed by atoms with van der Waals surface area (Å²) in [5.41, 5.74) is 1.36. The summed E-state index contributed by atoms with van der Waals surface area (Å²) < 4.78 is 1.67. The maximum atomic E-state index is 12.3. The SMILES string of the molecule is CCn1cc(Cl)c(C(=O)NC2CCN(c3cc(C)[nH]n3)CC2)n1. The summed E-state index contributed by atoms with van der Waals surface area (Å²) in [6.45, 7) is 6.37. The van der Waals surface area contributed by atoms with Crippen LogP contribution in [0, 0.1) is 6.92 Å². The number of hydrogen-bond donors (Lipinski definition) is 2. The first-order valence-corrected chi connectivity index (χ1v) is 8.25. The van der Waals surface area contributed by atoms with Gasteiger partial charge in [0, 0.05) is 43.6 Å². The Hall–Kier alpha value is -2.02. The Bertz CT molecular complexity index is 686. The summed E-state index contributed by atoms with van der Waals surface area (Å²) >= 11 is 6.08. The van der Waals surface area contributed by atoms with E-state index in [4.69, 9.17) is 11.6 Å². The number of rotatable bonds is 4. The third-order valence-electron chi connectivity index (χ3n) is 4.10. The summed E-state index contributed by atoms with van der Waals surface area (Å²) in [6, 6.07) is 2.18. The molecule has 0 spiro atoms. The van der Waals surface area contributed by atoms with Crippen LogP contribution in [0.25, 0.3) is 0 Å². The van der Waals surface area contributed by atoms with E-state index in [1.54, 1.807) is 10.9 Å². The number of carbonyl (C=O) groups excluding carboxylic acids is 1. The summed E-state index contributed by atoms with van der Waals surface area (Å²) in [5.74, 6) is 0.772. The quantitative estimate of drug-likeness (QED) is 0.895. The van der Waals surface area contributed by atoms with Crippen LogP contribution in [-0.4, -0.2) is 45.0 Å². The Morgan fingerprint density at radius 3 is 2.78 bits per heavy atom. The lowest BCUT2D eigenvalue weighted by Gasteiger charge is -2.32. The van der Waals surface area contributed by atoms with Crippen LogP contribution in [0.5, 0.6) is 0 Å². The number of anilines is 1. The number of carbonyl (C=O) groups is 1. The highest BCUT2D eigenvalue weighted by atomic mass is 35.5. The molecule has 124 valence electrons. The van der Waals surface area contributed by atoms with E-state index in [-0.39, 0.29) is 11.9 Å². The molecule has 2 aromatic rings. The summed E-state index contributed by atoms with van der Waals surface area (Å²) in [7, 11) is 0. The first-order valence-electron chi connectivity index (χ1n) is 7.87. The zero-order chi connectivity index (χ0) is 16.4. The maximum absolute atomic E-state index is 12.3. The van der Waals surface area contributed by atoms with E-state index in [1.165, 1.54) is 0 Å². The van der Waals surface area contributed by atoms with E-state index in [0.717, 1.165) is 37.4 Å². The van der Waals surface area contributed by atoms with Gasteiger partial charge in [-0.05, 0) is 26.7 Å². The van der Waals surface area contributed by atoms with Crippen molar-refractivity contribution in [1.82, 2.24) is 25.3 Å². The predicted octanol–water partition coefficient (Wildman–Crippen LogP) is 1.99. The number of hydrogen-bond acceptors (Lipinski definition) is 4. The molecular weight excluding hydrogens is 316 g/mol. The van der Waals surface area contributed by atoms with E-state index in [0.29, 0.717) is 17.3 Å². The monoisotopic (exact) mass is 336 g/mol. The van der Waals surface area contributed by atoms with Crippen molar-refractivity contribution in [3.63, 3.8) is 0 Å². The van der Waals surface area contributed by atoms with Crippen molar-refractivity contribution in [3.05, 3.63) is 28.7 Å². The van der Waals surface area contributed by atoms with Gasteiger partial charge in [0.15, 0.2) is 11.5 Å². The van der Waals surface area contributed by atoms with Gasteiger partial charge in [-0.1, -0.05) is 11.6 Å². The molecule has 2 aromatic heterocycles. The van der Waals surface area contributed by atoms with Crippen molar-refractivity contribution in [2.75, 3.05) is 18.0 Å². The molecule has 0 unspecified atom stereocenters. The molecule has 1 saturated heterocycles. The van der Waals surface area contributed by atoms with Crippen LogP contribution < -0.4 is 10.2 Å². The first-order chi connectivity index (χ1) is 11.1. The minimum Gasteiger partial charge on any atom is -0.355 e. The van der Waals surface area contributed by atoms with Crippen LogP contribution in [0.2, 0.25) is 5.02 Å². The van der Waals surface area contributed by atoms with Crippen LogP contribution in [-0.2, 0) is 6.54 Å². The largest absolute Gasteiger partial charge is 0.355 e. The molecule has 23 heavy (non-hydrogen) atoms. The highest BCUT2D eigenvalue weighted by Crippen LogP contribution is 2.19. The van der Waals surface area contributed by atoms with Crippen molar-refractivity contribution in [2.45, 2.75) is 39.3 Å². The highest BCUT2D eigenvalue weighted by Gasteiger charge is 2.24. The molecule has 7 nitrogen and oxygen atoms in total. The molecule has 1 aliphatic heterocycles. The van der Waals surface area contributed by atoms with E-state index < -0.39 is 0 Å². The van der Waals surface area contributed by atoms with Gasteiger partial charge in [-0.2, -0.15) is 10.2 Å². The molecule has 0 aliphatic carbocycles. The van der Waals surface area contributed by atoms with Gasteiger partial charge < -0.3 is 10.2 Å². The van der Waals surface area contributed by atoms with Crippen molar-refractivity contribution in [3.8, 4) is 0 Å². The Morgan fingerprint density at radius 1 is 1.48 bits per heavy atom. The Balaban J connectivity index is 1.56. The number of halogens is 1. The molecule has 0 atom stereocenters. The molecule has 2 N–H and O–H groups in total. The third-order valence-corrected chi connectivity index (χ3v) is 4.38. The molecule has 1 amide bonds. The molecular formula is C15H21ClN6O. The number of nitrogens with one attached hydrogen (secondary N) is 2. The minimum absolute atomic E-state index is 0.140. The number of aryl methyl sites for hydroxylation is 2. The van der Waals surface area contributed by atoms with Crippen molar-refractivity contribution < 1.29 is 4.79 Å². The topological polar surface area (TPSA) is 78.8 Å². The third kappa shape index (κ3) is 3.50. The number of aromatic nitrogens is 4. The van der Waals surface area contributed by atoms with Gasteiger partial charge >= 0.3 is 0 Å².